The van der Waals surface area contributed by atoms with E-state index in [-0.39, 0.29) is 32.5 Å². The number of nitrogens with one attached hydrogen (secondary N) is 1. The molecule has 0 aromatic rings. The van der Waals surface area contributed by atoms with Crippen molar-refractivity contribution in [1.82, 2.24) is 5.32 Å². The normalized spacial score (nSPS) is 41.1. The molecule has 21 nitrogen and oxygen atoms in total. The van der Waals surface area contributed by atoms with Gasteiger partial charge in [0.15, 0.2) is 12.6 Å². The molecule has 16 atom stereocenters. The summed E-state index contributed by atoms with van der Waals surface area (Å²) in [7, 11) is 0. The molecule has 3 rings (SSSR count). The second kappa shape index (κ2) is 18.5. The number of ether oxygens (including phenoxy) is 4. The van der Waals surface area contributed by atoms with Crippen LogP contribution in [0.2, 0.25) is 0 Å². The molecule has 19 N–H and O–H groups in total. The predicted molar refractivity (Wildman–Crippen MR) is 160 cm³/mol. The van der Waals surface area contributed by atoms with Crippen LogP contribution in [-0.2, 0) is 28.5 Å². The van der Waals surface area contributed by atoms with E-state index in [0.717, 1.165) is 0 Å². The number of carboxylic acids is 1. The number of aliphatic carboxylic acids is 1. The maximum atomic E-state index is 11.3. The van der Waals surface area contributed by atoms with Gasteiger partial charge in [-0.3, -0.25) is 9.59 Å². The first kappa shape index (κ1) is 42.4. The van der Waals surface area contributed by atoms with Crippen LogP contribution in [0, 0.1) is 5.41 Å². The van der Waals surface area contributed by atoms with Gasteiger partial charge in [-0.2, -0.15) is 0 Å². The quantitative estimate of drug-likeness (QED) is 0.0897. The molecule has 3 aliphatic rings. The summed E-state index contributed by atoms with van der Waals surface area (Å²) in [5.74, 6) is -1.69. The van der Waals surface area contributed by atoms with E-state index in [1.165, 1.54) is 13.8 Å². The van der Waals surface area contributed by atoms with E-state index in [4.69, 9.17) is 52.1 Å². The van der Waals surface area contributed by atoms with Crippen LogP contribution in [0.1, 0.15) is 26.7 Å². The minimum absolute atomic E-state index is 0.0350. The van der Waals surface area contributed by atoms with E-state index < -0.39 is 122 Å². The molecule has 48 heavy (non-hydrogen) atoms. The van der Waals surface area contributed by atoms with E-state index in [1.54, 1.807) is 0 Å². The smallest absolute Gasteiger partial charge is 0.305 e. The first-order chi connectivity index (χ1) is 22.3. The van der Waals surface area contributed by atoms with Gasteiger partial charge in [-0.25, -0.2) is 0 Å². The monoisotopic (exact) mass is 703 g/mol. The number of aliphatic hydroxyl groups is 9. The van der Waals surface area contributed by atoms with Crippen molar-refractivity contribution in [3.8, 4) is 0 Å². The Morgan fingerprint density at radius 2 is 1.35 bits per heavy atom. The minimum atomic E-state index is -1.66. The van der Waals surface area contributed by atoms with Crippen molar-refractivity contribution in [2.75, 3.05) is 26.3 Å². The van der Waals surface area contributed by atoms with Crippen molar-refractivity contribution < 1.29 is 79.6 Å². The lowest BCUT2D eigenvalue weighted by atomic mass is 9.84. The van der Waals surface area contributed by atoms with E-state index in [1.807, 2.05) is 0 Å². The van der Waals surface area contributed by atoms with Gasteiger partial charge in [0, 0.05) is 30.6 Å². The Morgan fingerprint density at radius 1 is 0.833 bits per heavy atom. The van der Waals surface area contributed by atoms with Crippen molar-refractivity contribution in [2.45, 2.75) is 125 Å². The van der Waals surface area contributed by atoms with Gasteiger partial charge < -0.3 is 98.3 Å². The molecule has 0 unspecified atom stereocenters. The Bertz CT molecular complexity index is 963. The number of carboxylic acid groups (broad SMARTS) is 1. The molecule has 0 spiro atoms. The summed E-state index contributed by atoms with van der Waals surface area (Å²) in [6, 6.07) is -2.86. The fourth-order valence-electron chi connectivity index (χ4n) is 5.23. The Morgan fingerprint density at radius 3 is 1.83 bits per heavy atom. The molecular formula is C27H53N5O16. The van der Waals surface area contributed by atoms with Gasteiger partial charge in [0.2, 0.25) is 5.91 Å². The molecular weight excluding hydrogens is 650 g/mol. The van der Waals surface area contributed by atoms with Crippen LogP contribution >= 0.6 is 0 Å². The fraction of sp³-hybridized carbons (Fsp3) is 0.926. The van der Waals surface area contributed by atoms with Crippen molar-refractivity contribution in [1.29, 1.82) is 0 Å². The van der Waals surface area contributed by atoms with Crippen LogP contribution in [0.4, 0.5) is 0 Å². The molecule has 2 heterocycles. The van der Waals surface area contributed by atoms with Gasteiger partial charge in [0.05, 0.1) is 25.7 Å². The predicted octanol–water partition coefficient (Wildman–Crippen LogP) is -8.33. The second-order valence-corrected chi connectivity index (χ2v) is 12.8. The summed E-state index contributed by atoms with van der Waals surface area (Å²) in [6.45, 7) is 1.94. The van der Waals surface area contributed by atoms with Crippen LogP contribution in [0.3, 0.4) is 0 Å². The number of carbonyl (C=O) groups excluding carboxylic acids is 1. The first-order valence-corrected chi connectivity index (χ1v) is 15.4. The largest absolute Gasteiger partial charge is 0.481 e. The third-order valence-electron chi connectivity index (χ3n) is 8.52. The summed E-state index contributed by atoms with van der Waals surface area (Å²) in [6.07, 6.45) is -18.0. The lowest BCUT2D eigenvalue weighted by molar-refractivity contribution is -0.332. The standard InChI is InChI=1S/C18H36N4O11.C9H17NO5/c19-2-6-10(25)12(27)13(28)18(30-6)33-16-5(21)1-4(20)15(14(16)29)32-17-11(26)8(22)9(24)7(3-23)31-17;1-9(2,5-11)7(14)8(15)10-4-3-6(12)13/h4-18,23-29H,1-3,19-22H2;7,11,14H,3-5H2,1-2H3,(H,10,15)(H,12,13)/t4-,5+,6-,7-,8+,9-,10-,11-,12+,13-,14-,15+,16-,17-,18-;7-/m10/s1. The zero-order chi connectivity index (χ0) is 36.7. The molecule has 1 amide bonds. The lowest BCUT2D eigenvalue weighted by Gasteiger charge is -2.48. The van der Waals surface area contributed by atoms with Crippen LogP contribution < -0.4 is 28.3 Å². The van der Waals surface area contributed by atoms with Gasteiger partial charge in [-0.15, -0.1) is 0 Å². The highest BCUT2D eigenvalue weighted by atomic mass is 16.7. The topological polar surface area (TPSA) is 389 Å². The van der Waals surface area contributed by atoms with E-state index in [9.17, 15) is 50.4 Å². The molecule has 1 aliphatic carbocycles. The minimum Gasteiger partial charge on any atom is -0.481 e. The van der Waals surface area contributed by atoms with E-state index in [2.05, 4.69) is 5.32 Å². The van der Waals surface area contributed by atoms with Gasteiger partial charge in [-0.05, 0) is 6.42 Å². The molecule has 0 bridgehead atoms. The maximum absolute atomic E-state index is 11.3. The molecule has 282 valence electrons. The summed E-state index contributed by atoms with van der Waals surface area (Å²) in [4.78, 5) is 21.4. The zero-order valence-corrected chi connectivity index (χ0v) is 26.7. The number of rotatable bonds is 12. The SMILES string of the molecule is CC(C)(CO)[C@@H](O)C(=O)NCCC(=O)O.NC[C@H]1O[C@H](O[C@H]2[C@H](O)[C@@H](O[C@H]3O[C@H](CO)[C@@H](O)[C@H](N)[C@H]3O)[C@H](N)C[C@@H]2N)[C@H](O)[C@@H](O)[C@@H]1O. The molecule has 0 aromatic carbocycles. The lowest BCUT2D eigenvalue weighted by Crippen LogP contribution is -2.68. The Hall–Kier alpha value is -1.74. The number of aliphatic hydroxyl groups excluding tert-OH is 9. The van der Waals surface area contributed by atoms with E-state index in [0.29, 0.717) is 0 Å². The molecule has 21 heteroatoms. The highest BCUT2D eigenvalue weighted by Crippen LogP contribution is 2.31. The number of carbonyl (C=O) groups is 2. The van der Waals surface area contributed by atoms with Crippen LogP contribution in [0.5, 0.6) is 0 Å². The summed E-state index contributed by atoms with van der Waals surface area (Å²) in [5.41, 5.74) is 22.6. The molecule has 2 saturated heterocycles. The van der Waals surface area contributed by atoms with Gasteiger partial charge >= 0.3 is 5.97 Å². The maximum Gasteiger partial charge on any atom is 0.305 e. The number of hydrogen-bond acceptors (Lipinski definition) is 19. The zero-order valence-electron chi connectivity index (χ0n) is 26.7. The molecule has 0 radical (unpaired) electrons. The van der Waals surface area contributed by atoms with Crippen LogP contribution in [-0.4, -0.2) is 187 Å². The number of hydrogen-bond donors (Lipinski definition) is 15. The molecule has 0 aromatic heterocycles. The first-order valence-electron chi connectivity index (χ1n) is 15.4. The average Bonchev–Trinajstić information content (AvgIpc) is 3.04. The summed E-state index contributed by atoms with van der Waals surface area (Å²) in [5, 5.41) is 99.9. The van der Waals surface area contributed by atoms with Crippen molar-refractivity contribution in [3.05, 3.63) is 0 Å². The van der Waals surface area contributed by atoms with Crippen molar-refractivity contribution >= 4 is 11.9 Å². The fourth-order valence-corrected chi connectivity index (χ4v) is 5.23. The Labute approximate surface area is 276 Å². The van der Waals surface area contributed by atoms with Crippen LogP contribution in [0.25, 0.3) is 0 Å². The van der Waals surface area contributed by atoms with Gasteiger partial charge in [-0.1, -0.05) is 13.8 Å². The van der Waals surface area contributed by atoms with E-state index >= 15 is 0 Å². The van der Waals surface area contributed by atoms with Crippen molar-refractivity contribution in [2.24, 2.45) is 28.3 Å². The van der Waals surface area contributed by atoms with Crippen molar-refractivity contribution in [3.63, 3.8) is 0 Å². The second-order valence-electron chi connectivity index (χ2n) is 12.8. The highest BCUT2D eigenvalue weighted by Gasteiger charge is 2.51. The average molecular weight is 704 g/mol. The van der Waals surface area contributed by atoms with Gasteiger partial charge in [0.1, 0.15) is 67.1 Å². The number of amides is 1. The summed E-state index contributed by atoms with van der Waals surface area (Å²) >= 11 is 0. The molecule has 2 aliphatic heterocycles. The van der Waals surface area contributed by atoms with Gasteiger partial charge in [0.25, 0.3) is 0 Å². The highest BCUT2D eigenvalue weighted by molar-refractivity contribution is 5.81. The summed E-state index contributed by atoms with van der Waals surface area (Å²) < 4.78 is 22.2. The third kappa shape index (κ3) is 10.4. The molecule has 3 fully saturated rings. The molecule has 1 saturated carbocycles. The van der Waals surface area contributed by atoms with Crippen LogP contribution in [0.15, 0.2) is 0 Å². The third-order valence-corrected chi connectivity index (χ3v) is 8.52. The Kier molecular flexibility index (Phi) is 16.3. The number of nitrogens with two attached hydrogens (primary N) is 4. The Balaban J connectivity index is 0.000000450.